The molecule has 1 heterocycles. The van der Waals surface area contributed by atoms with E-state index in [-0.39, 0.29) is 11.7 Å². The number of benzene rings is 2. The molecule has 23 heavy (non-hydrogen) atoms. The molecule has 1 aliphatic heterocycles. The lowest BCUT2D eigenvalue weighted by molar-refractivity contribution is 0.174. The van der Waals surface area contributed by atoms with Gasteiger partial charge in [0, 0.05) is 13.1 Å². The molecule has 6 heteroatoms. The highest BCUT2D eigenvalue weighted by atomic mass is 32.2. The van der Waals surface area contributed by atoms with Crippen LogP contribution in [0.5, 0.6) is 11.5 Å². The molecule has 0 saturated carbocycles. The molecule has 0 amide bonds. The van der Waals surface area contributed by atoms with E-state index in [1.54, 1.807) is 43.4 Å². The maximum atomic E-state index is 12.8. The van der Waals surface area contributed by atoms with Crippen LogP contribution in [0.4, 0.5) is 5.69 Å². The zero-order valence-corrected chi connectivity index (χ0v) is 14.0. The molecule has 0 N–H and O–H groups in total. The molecule has 0 unspecified atom stereocenters. The third-order valence-electron chi connectivity index (χ3n) is 3.83. The lowest BCUT2D eigenvalue weighted by Crippen LogP contribution is -2.27. The molecule has 0 fully saturated rings. The normalized spacial score (nSPS) is 13.1. The smallest absolute Gasteiger partial charge is 0.264 e. The Labute approximate surface area is 136 Å². The second kappa shape index (κ2) is 6.12. The first-order valence-electron chi connectivity index (χ1n) is 7.50. The summed E-state index contributed by atoms with van der Waals surface area (Å²) in [5, 5.41) is 0. The lowest BCUT2D eigenvalue weighted by atomic mass is 10.1. The van der Waals surface area contributed by atoms with Crippen LogP contribution >= 0.6 is 0 Å². The summed E-state index contributed by atoms with van der Waals surface area (Å²) in [4.78, 5) is 0.266. The van der Waals surface area contributed by atoms with Gasteiger partial charge in [0.2, 0.25) is 6.79 Å². The van der Waals surface area contributed by atoms with Crippen molar-refractivity contribution in [3.8, 4) is 11.5 Å². The molecule has 1 aliphatic rings. The molecule has 0 radical (unpaired) electrons. The molecular formula is C17H19NO4S. The Kier molecular flexibility index (Phi) is 4.17. The fourth-order valence-corrected chi connectivity index (χ4v) is 3.86. The summed E-state index contributed by atoms with van der Waals surface area (Å²) in [7, 11) is -2.04. The van der Waals surface area contributed by atoms with Gasteiger partial charge >= 0.3 is 0 Å². The third-order valence-corrected chi connectivity index (χ3v) is 5.62. The van der Waals surface area contributed by atoms with Gasteiger partial charge in [-0.15, -0.1) is 0 Å². The van der Waals surface area contributed by atoms with Crippen molar-refractivity contribution in [3.63, 3.8) is 0 Å². The van der Waals surface area contributed by atoms with Crippen molar-refractivity contribution in [2.24, 2.45) is 0 Å². The fraction of sp³-hybridized carbons (Fsp3) is 0.294. The Morgan fingerprint density at radius 1 is 1.09 bits per heavy atom. The van der Waals surface area contributed by atoms with E-state index in [0.29, 0.717) is 17.2 Å². The number of hydrogen-bond donors (Lipinski definition) is 0. The summed E-state index contributed by atoms with van der Waals surface area (Å²) in [5.74, 6) is 1.25. The molecule has 122 valence electrons. The Bertz CT molecular complexity index is 803. The summed E-state index contributed by atoms with van der Waals surface area (Å²) >= 11 is 0. The van der Waals surface area contributed by atoms with Crippen LogP contribution in [0.1, 0.15) is 18.9 Å². The van der Waals surface area contributed by atoms with Crippen molar-refractivity contribution in [2.45, 2.75) is 24.7 Å². The maximum absolute atomic E-state index is 12.8. The van der Waals surface area contributed by atoms with E-state index in [2.05, 4.69) is 6.92 Å². The first-order valence-corrected chi connectivity index (χ1v) is 8.94. The van der Waals surface area contributed by atoms with Crippen molar-refractivity contribution in [1.29, 1.82) is 0 Å². The van der Waals surface area contributed by atoms with Gasteiger partial charge in [-0.3, -0.25) is 4.31 Å². The average molecular weight is 333 g/mol. The van der Waals surface area contributed by atoms with Gasteiger partial charge in [0.15, 0.2) is 11.5 Å². The van der Waals surface area contributed by atoms with Gasteiger partial charge in [-0.2, -0.15) is 0 Å². The number of anilines is 1. The van der Waals surface area contributed by atoms with E-state index in [4.69, 9.17) is 9.47 Å². The molecule has 0 atom stereocenters. The number of hydrogen-bond acceptors (Lipinski definition) is 4. The molecular weight excluding hydrogens is 314 g/mol. The number of fused-ring (bicyclic) bond motifs is 1. The molecule has 3 rings (SSSR count). The van der Waals surface area contributed by atoms with Gasteiger partial charge in [-0.1, -0.05) is 31.5 Å². The first kappa shape index (κ1) is 15.7. The average Bonchev–Trinajstić information content (AvgIpc) is 3.02. The number of nitrogens with zero attached hydrogens (tertiary/aromatic N) is 1. The highest BCUT2D eigenvalue weighted by Gasteiger charge is 2.26. The van der Waals surface area contributed by atoms with Gasteiger partial charge in [0.25, 0.3) is 10.0 Å². The van der Waals surface area contributed by atoms with Crippen molar-refractivity contribution < 1.29 is 17.9 Å². The SMILES string of the molecule is CCCc1cc2c(cc1N(C)S(=O)(=O)c1ccccc1)OCO2. The molecule has 0 bridgehead atoms. The number of sulfonamides is 1. The monoisotopic (exact) mass is 333 g/mol. The van der Waals surface area contributed by atoms with Crippen LogP contribution in [0.25, 0.3) is 0 Å². The predicted octanol–water partition coefficient (Wildman–Crippen LogP) is 3.19. The fourth-order valence-electron chi connectivity index (χ4n) is 2.62. The molecule has 0 spiro atoms. The second-order valence-corrected chi connectivity index (χ2v) is 7.34. The second-order valence-electron chi connectivity index (χ2n) is 5.37. The van der Waals surface area contributed by atoms with Crippen LogP contribution < -0.4 is 13.8 Å². The van der Waals surface area contributed by atoms with Crippen LogP contribution in [-0.2, 0) is 16.4 Å². The van der Waals surface area contributed by atoms with E-state index < -0.39 is 10.0 Å². The third kappa shape index (κ3) is 2.86. The minimum Gasteiger partial charge on any atom is -0.454 e. The van der Waals surface area contributed by atoms with E-state index in [1.807, 2.05) is 6.07 Å². The van der Waals surface area contributed by atoms with Gasteiger partial charge in [0.1, 0.15) is 0 Å². The highest BCUT2D eigenvalue weighted by Crippen LogP contribution is 2.39. The summed E-state index contributed by atoms with van der Waals surface area (Å²) in [6, 6.07) is 12.0. The minimum absolute atomic E-state index is 0.166. The summed E-state index contributed by atoms with van der Waals surface area (Å²) in [5.41, 5.74) is 1.55. The lowest BCUT2D eigenvalue weighted by Gasteiger charge is -2.23. The largest absolute Gasteiger partial charge is 0.454 e. The summed E-state index contributed by atoms with van der Waals surface area (Å²) in [6.07, 6.45) is 1.67. The van der Waals surface area contributed by atoms with E-state index in [9.17, 15) is 8.42 Å². The number of ether oxygens (including phenoxy) is 2. The molecule has 5 nitrogen and oxygen atoms in total. The predicted molar refractivity (Wildman–Crippen MR) is 88.6 cm³/mol. The van der Waals surface area contributed by atoms with Gasteiger partial charge < -0.3 is 9.47 Å². The van der Waals surface area contributed by atoms with E-state index in [1.165, 1.54) is 4.31 Å². The summed E-state index contributed by atoms with van der Waals surface area (Å²) < 4.78 is 37.8. The van der Waals surface area contributed by atoms with Crippen LogP contribution in [0.2, 0.25) is 0 Å². The minimum atomic E-state index is -3.61. The van der Waals surface area contributed by atoms with Gasteiger partial charge in [-0.05, 0) is 30.2 Å². The van der Waals surface area contributed by atoms with Crippen LogP contribution in [0, 0.1) is 0 Å². The Morgan fingerprint density at radius 3 is 2.39 bits per heavy atom. The zero-order chi connectivity index (χ0) is 16.4. The van der Waals surface area contributed by atoms with Gasteiger partial charge in [-0.25, -0.2) is 8.42 Å². The molecule has 2 aromatic rings. The van der Waals surface area contributed by atoms with Crippen LogP contribution in [-0.4, -0.2) is 22.3 Å². The topological polar surface area (TPSA) is 55.8 Å². The van der Waals surface area contributed by atoms with Crippen molar-refractivity contribution >= 4 is 15.7 Å². The molecule has 0 aromatic heterocycles. The molecule has 2 aromatic carbocycles. The van der Waals surface area contributed by atoms with Gasteiger partial charge in [0.05, 0.1) is 10.6 Å². The number of rotatable bonds is 5. The summed E-state index contributed by atoms with van der Waals surface area (Å²) in [6.45, 7) is 2.22. The Hall–Kier alpha value is -2.21. The van der Waals surface area contributed by atoms with Crippen molar-refractivity contribution in [3.05, 3.63) is 48.0 Å². The van der Waals surface area contributed by atoms with Crippen molar-refractivity contribution in [2.75, 3.05) is 18.1 Å². The van der Waals surface area contributed by atoms with Crippen LogP contribution in [0.3, 0.4) is 0 Å². The molecule has 0 saturated heterocycles. The highest BCUT2D eigenvalue weighted by molar-refractivity contribution is 7.92. The standard InChI is InChI=1S/C17H19NO4S/c1-3-7-13-10-16-17(22-12-21-16)11-15(13)18(2)23(19,20)14-8-5-4-6-9-14/h4-6,8-11H,3,7,12H2,1-2H3. The van der Waals surface area contributed by atoms with E-state index >= 15 is 0 Å². The molecule has 0 aliphatic carbocycles. The quantitative estimate of drug-likeness (QED) is 0.843. The Balaban J connectivity index is 2.07. The number of aryl methyl sites for hydroxylation is 1. The Morgan fingerprint density at radius 2 is 1.74 bits per heavy atom. The zero-order valence-electron chi connectivity index (χ0n) is 13.2. The van der Waals surface area contributed by atoms with Crippen LogP contribution in [0.15, 0.2) is 47.4 Å². The first-order chi connectivity index (χ1) is 11.0. The van der Waals surface area contributed by atoms with Crippen molar-refractivity contribution in [1.82, 2.24) is 0 Å². The van der Waals surface area contributed by atoms with E-state index in [0.717, 1.165) is 18.4 Å². The maximum Gasteiger partial charge on any atom is 0.264 e.